The molecule has 6 heteroatoms. The van der Waals surface area contributed by atoms with Crippen LogP contribution < -0.4 is 5.32 Å². The molecule has 2 aromatic rings. The summed E-state index contributed by atoms with van der Waals surface area (Å²) < 4.78 is 1.80. The molecular weight excluding hydrogens is 296 g/mol. The Kier molecular flexibility index (Phi) is 6.00. The van der Waals surface area contributed by atoms with E-state index in [1.165, 1.54) is 30.2 Å². The lowest BCUT2D eigenvalue weighted by atomic mass is 10.1. The van der Waals surface area contributed by atoms with Crippen molar-refractivity contribution >= 4 is 23.4 Å². The summed E-state index contributed by atoms with van der Waals surface area (Å²) in [6.45, 7) is 4.05. The predicted molar refractivity (Wildman–Crippen MR) is 90.0 cm³/mol. The number of unbranched alkanes of at least 4 members (excludes halogenated alkanes) is 1. The van der Waals surface area contributed by atoms with Crippen LogP contribution in [-0.2, 0) is 18.3 Å². The van der Waals surface area contributed by atoms with Gasteiger partial charge in [0.25, 0.3) is 0 Å². The molecule has 0 aliphatic carbocycles. The van der Waals surface area contributed by atoms with Crippen LogP contribution in [0.15, 0.2) is 35.7 Å². The number of rotatable bonds is 7. The van der Waals surface area contributed by atoms with Crippen molar-refractivity contribution in [3.8, 4) is 0 Å². The molecule has 1 amide bonds. The maximum Gasteiger partial charge on any atom is 0.237 e. The number of nitrogens with one attached hydrogen (secondary N) is 1. The van der Waals surface area contributed by atoms with Crippen molar-refractivity contribution in [1.29, 1.82) is 0 Å². The van der Waals surface area contributed by atoms with Crippen LogP contribution in [0.1, 0.15) is 32.3 Å². The number of thioether (sulfide) groups is 1. The minimum atomic E-state index is -0.234. The first-order chi connectivity index (χ1) is 10.6. The topological polar surface area (TPSA) is 59.8 Å². The van der Waals surface area contributed by atoms with Crippen LogP contribution in [0, 0.1) is 0 Å². The first kappa shape index (κ1) is 16.5. The SMILES string of the molecule is CCCCc1ccc(NC(=O)C(C)Sc2nncn2C)cc1. The number of carbonyl (C=O) groups is 1. The molecule has 1 heterocycles. The lowest BCUT2D eigenvalue weighted by Crippen LogP contribution is -2.22. The van der Waals surface area contributed by atoms with Gasteiger partial charge < -0.3 is 9.88 Å². The van der Waals surface area contributed by atoms with Gasteiger partial charge in [-0.1, -0.05) is 37.2 Å². The molecule has 22 heavy (non-hydrogen) atoms. The minimum absolute atomic E-state index is 0.0330. The van der Waals surface area contributed by atoms with Crippen LogP contribution in [-0.4, -0.2) is 25.9 Å². The van der Waals surface area contributed by atoms with Crippen molar-refractivity contribution < 1.29 is 4.79 Å². The molecule has 0 radical (unpaired) electrons. The fourth-order valence-electron chi connectivity index (χ4n) is 1.97. The summed E-state index contributed by atoms with van der Waals surface area (Å²) in [5.74, 6) is -0.0330. The standard InChI is InChI=1S/C16H22N4OS/c1-4-5-6-13-7-9-14(10-8-13)18-15(21)12(2)22-16-19-17-11-20(16)3/h7-12H,4-6H2,1-3H3,(H,18,21). The Morgan fingerprint density at radius 3 is 2.68 bits per heavy atom. The number of aromatic nitrogens is 3. The zero-order valence-corrected chi connectivity index (χ0v) is 14.1. The second-order valence-corrected chi connectivity index (χ2v) is 6.58. The van der Waals surface area contributed by atoms with Crippen LogP contribution in [0.4, 0.5) is 5.69 Å². The summed E-state index contributed by atoms with van der Waals surface area (Å²) in [6, 6.07) is 8.07. The largest absolute Gasteiger partial charge is 0.325 e. The van der Waals surface area contributed by atoms with Gasteiger partial charge >= 0.3 is 0 Å². The summed E-state index contributed by atoms with van der Waals surface area (Å²) in [6.07, 6.45) is 5.09. The van der Waals surface area contributed by atoms with Crippen LogP contribution in [0.5, 0.6) is 0 Å². The lowest BCUT2D eigenvalue weighted by Gasteiger charge is -2.11. The van der Waals surface area contributed by atoms with E-state index >= 15 is 0 Å². The van der Waals surface area contributed by atoms with Gasteiger partial charge in [-0.3, -0.25) is 4.79 Å². The van der Waals surface area contributed by atoms with Gasteiger partial charge in [0, 0.05) is 12.7 Å². The summed E-state index contributed by atoms with van der Waals surface area (Å²) in [4.78, 5) is 12.2. The van der Waals surface area contributed by atoms with E-state index in [0.717, 1.165) is 17.3 Å². The van der Waals surface area contributed by atoms with E-state index in [-0.39, 0.29) is 11.2 Å². The summed E-state index contributed by atoms with van der Waals surface area (Å²) in [5, 5.41) is 11.2. The molecule has 1 aromatic carbocycles. The molecule has 1 unspecified atom stereocenters. The van der Waals surface area contributed by atoms with Crippen LogP contribution in [0.2, 0.25) is 0 Å². The fraction of sp³-hybridized carbons (Fsp3) is 0.438. The van der Waals surface area contributed by atoms with Gasteiger partial charge in [-0.2, -0.15) is 0 Å². The zero-order chi connectivity index (χ0) is 15.9. The number of anilines is 1. The van der Waals surface area contributed by atoms with Gasteiger partial charge in [-0.15, -0.1) is 10.2 Å². The zero-order valence-electron chi connectivity index (χ0n) is 13.2. The summed E-state index contributed by atoms with van der Waals surface area (Å²) >= 11 is 1.40. The van der Waals surface area contributed by atoms with E-state index in [1.54, 1.807) is 10.9 Å². The Balaban J connectivity index is 1.89. The number of aryl methyl sites for hydroxylation is 2. The molecule has 1 aromatic heterocycles. The molecule has 0 aliphatic rings. The third-order valence-electron chi connectivity index (χ3n) is 3.36. The Hall–Kier alpha value is -1.82. The van der Waals surface area contributed by atoms with E-state index < -0.39 is 0 Å². The van der Waals surface area contributed by atoms with Gasteiger partial charge in [-0.25, -0.2) is 0 Å². The molecule has 0 aliphatic heterocycles. The van der Waals surface area contributed by atoms with Gasteiger partial charge in [0.2, 0.25) is 5.91 Å². The summed E-state index contributed by atoms with van der Waals surface area (Å²) in [7, 11) is 1.86. The second kappa shape index (κ2) is 7.98. The average Bonchev–Trinajstić information content (AvgIpc) is 2.91. The van der Waals surface area contributed by atoms with Gasteiger partial charge in [0.15, 0.2) is 5.16 Å². The highest BCUT2D eigenvalue weighted by atomic mass is 32.2. The molecule has 0 spiro atoms. The van der Waals surface area contributed by atoms with Crippen LogP contribution in [0.3, 0.4) is 0 Å². The Labute approximate surface area is 135 Å². The molecule has 1 atom stereocenters. The highest BCUT2D eigenvalue weighted by molar-refractivity contribution is 8.00. The number of carbonyl (C=O) groups excluding carboxylic acids is 1. The smallest absolute Gasteiger partial charge is 0.237 e. The molecule has 0 bridgehead atoms. The molecule has 118 valence electrons. The van der Waals surface area contributed by atoms with Gasteiger partial charge in [-0.05, 0) is 37.5 Å². The third-order valence-corrected chi connectivity index (χ3v) is 4.51. The van der Waals surface area contributed by atoms with Crippen molar-refractivity contribution in [3.05, 3.63) is 36.2 Å². The molecular formula is C16H22N4OS. The minimum Gasteiger partial charge on any atom is -0.325 e. The highest BCUT2D eigenvalue weighted by Crippen LogP contribution is 2.21. The average molecular weight is 318 g/mol. The first-order valence-corrected chi connectivity index (χ1v) is 8.38. The van der Waals surface area contributed by atoms with Crippen LogP contribution in [0.25, 0.3) is 0 Å². The van der Waals surface area contributed by atoms with Crippen molar-refractivity contribution in [2.75, 3.05) is 5.32 Å². The second-order valence-electron chi connectivity index (χ2n) is 5.27. The predicted octanol–water partition coefficient (Wildman–Crippen LogP) is 3.28. The van der Waals surface area contributed by atoms with Crippen molar-refractivity contribution in [2.24, 2.45) is 7.05 Å². The van der Waals surface area contributed by atoms with Crippen molar-refractivity contribution in [1.82, 2.24) is 14.8 Å². The van der Waals surface area contributed by atoms with E-state index in [1.807, 2.05) is 26.1 Å². The molecule has 5 nitrogen and oxygen atoms in total. The van der Waals surface area contributed by atoms with Gasteiger partial charge in [0.05, 0.1) is 5.25 Å². The number of nitrogens with zero attached hydrogens (tertiary/aromatic N) is 3. The quantitative estimate of drug-likeness (QED) is 0.796. The maximum atomic E-state index is 12.2. The molecule has 0 fully saturated rings. The van der Waals surface area contributed by atoms with Gasteiger partial charge in [0.1, 0.15) is 6.33 Å². The monoisotopic (exact) mass is 318 g/mol. The first-order valence-electron chi connectivity index (χ1n) is 7.50. The Morgan fingerprint density at radius 1 is 1.36 bits per heavy atom. The van der Waals surface area contributed by atoms with E-state index in [9.17, 15) is 4.79 Å². The van der Waals surface area contributed by atoms with E-state index in [0.29, 0.717) is 0 Å². The van der Waals surface area contributed by atoms with E-state index in [2.05, 4.69) is 34.6 Å². The number of benzene rings is 1. The summed E-state index contributed by atoms with van der Waals surface area (Å²) in [5.41, 5.74) is 2.14. The number of hydrogen-bond acceptors (Lipinski definition) is 4. The lowest BCUT2D eigenvalue weighted by molar-refractivity contribution is -0.115. The third kappa shape index (κ3) is 4.59. The van der Waals surface area contributed by atoms with Crippen molar-refractivity contribution in [3.63, 3.8) is 0 Å². The van der Waals surface area contributed by atoms with Crippen LogP contribution >= 0.6 is 11.8 Å². The molecule has 1 N–H and O–H groups in total. The number of hydrogen-bond donors (Lipinski definition) is 1. The van der Waals surface area contributed by atoms with Crippen molar-refractivity contribution in [2.45, 2.75) is 43.5 Å². The normalized spacial score (nSPS) is 12.1. The van der Waals surface area contributed by atoms with E-state index in [4.69, 9.17) is 0 Å². The molecule has 0 saturated heterocycles. The maximum absolute atomic E-state index is 12.2. The number of amides is 1. The Bertz CT molecular complexity index is 609. The fourth-order valence-corrected chi connectivity index (χ4v) is 2.76. The Morgan fingerprint density at radius 2 is 2.09 bits per heavy atom. The highest BCUT2D eigenvalue weighted by Gasteiger charge is 2.17. The molecule has 2 rings (SSSR count). The molecule has 0 saturated carbocycles.